The van der Waals surface area contributed by atoms with Crippen LogP contribution in [0, 0.1) is 17.6 Å². The summed E-state index contributed by atoms with van der Waals surface area (Å²) in [6, 6.07) is 6.56. The highest BCUT2D eigenvalue weighted by Gasteiger charge is 2.36. The van der Waals surface area contributed by atoms with Gasteiger partial charge in [-0.15, -0.1) is 5.10 Å². The number of unbranched alkanes of at least 4 members (excludes halogenated alkanes) is 1. The summed E-state index contributed by atoms with van der Waals surface area (Å²) < 4.78 is 68.6. The maximum atomic E-state index is 14.8. The fourth-order valence-electron chi connectivity index (χ4n) is 5.26. The topological polar surface area (TPSA) is 98.5 Å². The summed E-state index contributed by atoms with van der Waals surface area (Å²) in [4.78, 5) is 16.0. The molecule has 2 aliphatic rings. The number of benzene rings is 1. The molecule has 1 amide bonds. The van der Waals surface area contributed by atoms with Crippen molar-refractivity contribution in [3.63, 3.8) is 0 Å². The van der Waals surface area contributed by atoms with Crippen molar-refractivity contribution < 1.29 is 26.7 Å². The van der Waals surface area contributed by atoms with E-state index in [0.29, 0.717) is 37.3 Å². The molecule has 3 heterocycles. The van der Waals surface area contributed by atoms with Crippen LogP contribution < -0.4 is 5.32 Å². The van der Waals surface area contributed by atoms with Gasteiger partial charge in [0.25, 0.3) is 5.91 Å². The summed E-state index contributed by atoms with van der Waals surface area (Å²) >= 11 is 0. The lowest BCUT2D eigenvalue weighted by molar-refractivity contribution is -0.137. The van der Waals surface area contributed by atoms with Crippen LogP contribution >= 0.6 is 0 Å². The Hall–Kier alpha value is -4.55. The van der Waals surface area contributed by atoms with Gasteiger partial charge in [0.1, 0.15) is 11.6 Å². The van der Waals surface area contributed by atoms with Crippen molar-refractivity contribution in [2.75, 3.05) is 0 Å². The zero-order valence-corrected chi connectivity index (χ0v) is 22.8. The molecule has 2 aliphatic carbocycles. The molecular weight excluding hydrogens is 569 g/mol. The second-order valence-electron chi connectivity index (χ2n) is 10.8. The number of carbonyl (C=O) groups excluding carboxylic acids is 1. The Morgan fingerprint density at radius 2 is 1.84 bits per heavy atom. The van der Waals surface area contributed by atoms with Crippen LogP contribution in [0.4, 0.5) is 22.0 Å². The van der Waals surface area contributed by atoms with Gasteiger partial charge in [0.05, 0.1) is 23.1 Å². The first-order chi connectivity index (χ1) is 20.7. The van der Waals surface area contributed by atoms with Crippen LogP contribution in [0.2, 0.25) is 0 Å². The molecule has 1 saturated carbocycles. The standard InChI is InChI=1S/C30H26F5N7O/c31-20-6-7-22(25(32)10-20)28-23(18-4-5-18)12-26-24(28)11-21(38-39-26)3-1-2-8-42-16-27(40-41-42)29(43)37-14-17-9-19(15-36-13-17)30(33,34)35/h6-7,9-11,13,15-16,18H,1-5,8,12,14H2,(H,37,43). The van der Waals surface area contributed by atoms with Gasteiger partial charge < -0.3 is 5.32 Å². The molecule has 0 atom stereocenters. The average molecular weight is 596 g/mol. The molecule has 3 aromatic heterocycles. The number of pyridine rings is 1. The van der Waals surface area contributed by atoms with E-state index in [9.17, 15) is 26.7 Å². The van der Waals surface area contributed by atoms with E-state index < -0.39 is 29.3 Å². The summed E-state index contributed by atoms with van der Waals surface area (Å²) in [5.74, 6) is -1.38. The lowest BCUT2D eigenvalue weighted by Gasteiger charge is -2.11. The number of allylic oxidation sites excluding steroid dienone is 1. The largest absolute Gasteiger partial charge is 0.417 e. The molecule has 43 heavy (non-hydrogen) atoms. The van der Waals surface area contributed by atoms with E-state index in [1.54, 1.807) is 0 Å². The highest BCUT2D eigenvalue weighted by Crippen LogP contribution is 2.48. The molecule has 1 fully saturated rings. The normalized spacial score (nSPS) is 14.7. The van der Waals surface area contributed by atoms with Gasteiger partial charge in [-0.1, -0.05) is 10.8 Å². The second kappa shape index (κ2) is 11.6. The van der Waals surface area contributed by atoms with Gasteiger partial charge in [-0.2, -0.15) is 23.4 Å². The number of nitrogens with one attached hydrogen (secondary N) is 1. The van der Waals surface area contributed by atoms with E-state index in [1.807, 2.05) is 6.07 Å². The summed E-state index contributed by atoms with van der Waals surface area (Å²) in [5.41, 5.74) is 4.12. The molecule has 1 N–H and O–H groups in total. The van der Waals surface area contributed by atoms with Crippen molar-refractivity contribution in [1.29, 1.82) is 0 Å². The van der Waals surface area contributed by atoms with Crippen LogP contribution in [0.3, 0.4) is 0 Å². The third-order valence-electron chi connectivity index (χ3n) is 7.56. The molecule has 0 bridgehead atoms. The molecule has 1 aromatic carbocycles. The number of hydrogen-bond donors (Lipinski definition) is 1. The first-order valence-electron chi connectivity index (χ1n) is 13.9. The number of halogens is 5. The molecule has 0 spiro atoms. The van der Waals surface area contributed by atoms with Crippen molar-refractivity contribution in [3.05, 3.63) is 105 Å². The van der Waals surface area contributed by atoms with E-state index in [0.717, 1.165) is 65.7 Å². The molecule has 0 unspecified atom stereocenters. The maximum absolute atomic E-state index is 14.8. The molecule has 13 heteroatoms. The molecule has 6 rings (SSSR count). The Balaban J connectivity index is 1.04. The summed E-state index contributed by atoms with van der Waals surface area (Å²) in [6.45, 7) is 0.339. The number of aryl methyl sites for hydroxylation is 2. The Kier molecular flexibility index (Phi) is 7.72. The molecular formula is C30H26F5N7O. The summed E-state index contributed by atoms with van der Waals surface area (Å²) in [7, 11) is 0. The van der Waals surface area contributed by atoms with E-state index in [4.69, 9.17) is 0 Å². The van der Waals surface area contributed by atoms with Crippen molar-refractivity contribution in [2.24, 2.45) is 5.92 Å². The van der Waals surface area contributed by atoms with Crippen molar-refractivity contribution in [3.8, 4) is 0 Å². The van der Waals surface area contributed by atoms with Gasteiger partial charge in [0.2, 0.25) is 0 Å². The van der Waals surface area contributed by atoms with Crippen molar-refractivity contribution >= 4 is 11.5 Å². The fraction of sp³-hybridized carbons (Fsp3) is 0.333. The lowest BCUT2D eigenvalue weighted by atomic mass is 9.95. The monoisotopic (exact) mass is 595 g/mol. The number of carbonyl (C=O) groups is 1. The van der Waals surface area contributed by atoms with E-state index >= 15 is 0 Å². The van der Waals surface area contributed by atoms with Crippen LogP contribution in [0.1, 0.15) is 69.8 Å². The van der Waals surface area contributed by atoms with E-state index in [-0.39, 0.29) is 17.8 Å². The van der Waals surface area contributed by atoms with Gasteiger partial charge in [0.15, 0.2) is 5.69 Å². The van der Waals surface area contributed by atoms with Gasteiger partial charge in [-0.05, 0) is 73.4 Å². The Labute approximate surface area is 243 Å². The van der Waals surface area contributed by atoms with Crippen LogP contribution in [0.5, 0.6) is 0 Å². The van der Waals surface area contributed by atoms with Crippen LogP contribution in [0.25, 0.3) is 5.57 Å². The Morgan fingerprint density at radius 1 is 1.00 bits per heavy atom. The van der Waals surface area contributed by atoms with Crippen LogP contribution in [-0.4, -0.2) is 36.1 Å². The predicted octanol–water partition coefficient (Wildman–Crippen LogP) is 5.48. The molecule has 222 valence electrons. The Bertz CT molecular complexity index is 1710. The minimum Gasteiger partial charge on any atom is -0.346 e. The molecule has 0 saturated heterocycles. The third-order valence-corrected chi connectivity index (χ3v) is 7.56. The van der Waals surface area contributed by atoms with Crippen LogP contribution in [0.15, 0.2) is 54.5 Å². The molecule has 0 aliphatic heterocycles. The zero-order chi connectivity index (χ0) is 30.1. The number of hydrogen-bond acceptors (Lipinski definition) is 6. The fourth-order valence-corrected chi connectivity index (χ4v) is 5.26. The number of aromatic nitrogens is 6. The minimum atomic E-state index is -4.52. The smallest absolute Gasteiger partial charge is 0.346 e. The molecule has 4 aromatic rings. The maximum Gasteiger partial charge on any atom is 0.417 e. The van der Waals surface area contributed by atoms with Gasteiger partial charge >= 0.3 is 6.18 Å². The number of rotatable bonds is 10. The highest BCUT2D eigenvalue weighted by molar-refractivity contribution is 5.91. The van der Waals surface area contributed by atoms with E-state index in [1.165, 1.54) is 29.2 Å². The predicted molar refractivity (Wildman–Crippen MR) is 144 cm³/mol. The van der Waals surface area contributed by atoms with Crippen LogP contribution in [-0.2, 0) is 32.1 Å². The van der Waals surface area contributed by atoms with E-state index in [2.05, 4.69) is 30.8 Å². The minimum absolute atomic E-state index is 0.0447. The van der Waals surface area contributed by atoms with Gasteiger partial charge in [-0.3, -0.25) is 14.5 Å². The highest BCUT2D eigenvalue weighted by atomic mass is 19.4. The second-order valence-corrected chi connectivity index (χ2v) is 10.8. The third kappa shape index (κ3) is 6.45. The first-order valence-corrected chi connectivity index (χ1v) is 13.9. The lowest BCUT2D eigenvalue weighted by Crippen LogP contribution is -2.23. The Morgan fingerprint density at radius 3 is 2.60 bits per heavy atom. The summed E-state index contributed by atoms with van der Waals surface area (Å²) in [6.07, 6.45) is 3.70. The SMILES string of the molecule is O=C(NCc1cncc(C(F)(F)F)c1)c1cn(CCCCc2cc3c(nn2)CC(C2CC2)=C3c2ccc(F)cc2F)nn1. The van der Waals surface area contributed by atoms with Crippen molar-refractivity contribution in [1.82, 2.24) is 35.5 Å². The first kappa shape index (κ1) is 28.6. The zero-order valence-electron chi connectivity index (χ0n) is 22.8. The number of nitrogens with zero attached hydrogens (tertiary/aromatic N) is 6. The van der Waals surface area contributed by atoms with Gasteiger partial charge in [-0.25, -0.2) is 8.78 Å². The molecule has 0 radical (unpaired) electrons. The number of fused-ring (bicyclic) bond motifs is 1. The van der Waals surface area contributed by atoms with Crippen molar-refractivity contribution in [2.45, 2.75) is 57.8 Å². The average Bonchev–Trinajstić information content (AvgIpc) is 3.60. The molecule has 8 nitrogen and oxygen atoms in total. The number of amides is 1. The quantitative estimate of drug-likeness (QED) is 0.193. The van der Waals surface area contributed by atoms with Gasteiger partial charge in [0, 0.05) is 49.1 Å². The summed E-state index contributed by atoms with van der Waals surface area (Å²) in [5, 5.41) is 19.2. The number of alkyl halides is 3.